The quantitative estimate of drug-likeness (QED) is 0.918. The summed E-state index contributed by atoms with van der Waals surface area (Å²) >= 11 is 0. The molecule has 1 atom stereocenters. The maximum Gasteiger partial charge on any atom is 0.336 e. The Hall–Kier alpha value is -1.42. The van der Waals surface area contributed by atoms with Gasteiger partial charge in [-0.1, -0.05) is 19.9 Å². The van der Waals surface area contributed by atoms with Crippen LogP contribution in [0.3, 0.4) is 0 Å². The standard InChI is InChI=1S/C17H24FNO2/c1-12(2)13-4-3-8-19(9-7-13)11-14-5-6-15(18)10-16(14)17(20)21/h5-6,10,12-13H,3-4,7-9,11H2,1-2H3,(H,20,21). The van der Waals surface area contributed by atoms with Crippen LogP contribution >= 0.6 is 0 Å². The first kappa shape index (κ1) is 16.0. The van der Waals surface area contributed by atoms with Gasteiger partial charge in [0, 0.05) is 6.54 Å². The van der Waals surface area contributed by atoms with Crippen molar-refractivity contribution in [3.05, 3.63) is 35.1 Å². The number of hydrogen-bond donors (Lipinski definition) is 1. The molecule has 1 aliphatic heterocycles. The fourth-order valence-electron chi connectivity index (χ4n) is 3.13. The minimum atomic E-state index is -1.06. The number of carboxylic acids is 1. The largest absolute Gasteiger partial charge is 0.478 e. The molecule has 1 fully saturated rings. The van der Waals surface area contributed by atoms with Crippen LogP contribution < -0.4 is 0 Å². The minimum absolute atomic E-state index is 0.0830. The lowest BCUT2D eigenvalue weighted by Gasteiger charge is -2.22. The van der Waals surface area contributed by atoms with E-state index >= 15 is 0 Å². The molecule has 0 saturated carbocycles. The molecular weight excluding hydrogens is 269 g/mol. The summed E-state index contributed by atoms with van der Waals surface area (Å²) in [6, 6.07) is 4.06. The van der Waals surface area contributed by atoms with Gasteiger partial charge in [-0.15, -0.1) is 0 Å². The van der Waals surface area contributed by atoms with Crippen LogP contribution in [0.5, 0.6) is 0 Å². The predicted molar refractivity (Wildman–Crippen MR) is 80.8 cm³/mol. The number of aromatic carboxylic acids is 1. The number of likely N-dealkylation sites (tertiary alicyclic amines) is 1. The van der Waals surface area contributed by atoms with Gasteiger partial charge < -0.3 is 5.11 Å². The van der Waals surface area contributed by atoms with Crippen molar-refractivity contribution in [1.82, 2.24) is 4.90 Å². The maximum absolute atomic E-state index is 13.2. The Morgan fingerprint density at radius 3 is 2.81 bits per heavy atom. The molecule has 21 heavy (non-hydrogen) atoms. The van der Waals surface area contributed by atoms with Gasteiger partial charge in [0.05, 0.1) is 5.56 Å². The molecular formula is C17H24FNO2. The Morgan fingerprint density at radius 2 is 2.14 bits per heavy atom. The highest BCUT2D eigenvalue weighted by atomic mass is 19.1. The van der Waals surface area contributed by atoms with E-state index in [1.54, 1.807) is 6.07 Å². The lowest BCUT2D eigenvalue weighted by Crippen LogP contribution is -2.25. The van der Waals surface area contributed by atoms with E-state index in [0.717, 1.165) is 37.9 Å². The van der Waals surface area contributed by atoms with Gasteiger partial charge in [0.25, 0.3) is 0 Å². The van der Waals surface area contributed by atoms with Gasteiger partial charge in [0.15, 0.2) is 0 Å². The summed E-state index contributed by atoms with van der Waals surface area (Å²) in [5, 5.41) is 9.20. The van der Waals surface area contributed by atoms with Gasteiger partial charge >= 0.3 is 5.97 Å². The molecule has 1 N–H and O–H groups in total. The molecule has 116 valence electrons. The summed E-state index contributed by atoms with van der Waals surface area (Å²) in [4.78, 5) is 13.5. The summed E-state index contributed by atoms with van der Waals surface area (Å²) in [6.45, 7) is 7.09. The summed E-state index contributed by atoms with van der Waals surface area (Å²) in [5.74, 6) is -0.0984. The monoisotopic (exact) mass is 293 g/mol. The second-order valence-electron chi connectivity index (χ2n) is 6.32. The third kappa shape index (κ3) is 4.27. The van der Waals surface area contributed by atoms with Crippen molar-refractivity contribution in [1.29, 1.82) is 0 Å². The van der Waals surface area contributed by atoms with Crippen molar-refractivity contribution in [3.63, 3.8) is 0 Å². The van der Waals surface area contributed by atoms with Crippen molar-refractivity contribution in [2.75, 3.05) is 13.1 Å². The van der Waals surface area contributed by atoms with E-state index in [4.69, 9.17) is 0 Å². The SMILES string of the molecule is CC(C)C1CCCN(Cc2ccc(F)cc2C(=O)O)CC1. The maximum atomic E-state index is 13.2. The second-order valence-corrected chi connectivity index (χ2v) is 6.32. The average molecular weight is 293 g/mol. The number of halogens is 1. The molecule has 1 aliphatic rings. The second kappa shape index (κ2) is 7.03. The molecule has 0 aliphatic carbocycles. The van der Waals surface area contributed by atoms with E-state index in [-0.39, 0.29) is 5.56 Å². The number of carboxylic acid groups (broad SMARTS) is 1. The highest BCUT2D eigenvalue weighted by Gasteiger charge is 2.21. The molecule has 0 aromatic heterocycles. The lowest BCUT2D eigenvalue weighted by atomic mass is 9.89. The van der Waals surface area contributed by atoms with Crippen molar-refractivity contribution >= 4 is 5.97 Å². The Labute approximate surface area is 125 Å². The molecule has 0 amide bonds. The van der Waals surface area contributed by atoms with Gasteiger partial charge in [-0.25, -0.2) is 9.18 Å². The first-order chi connectivity index (χ1) is 9.97. The van der Waals surface area contributed by atoms with Gasteiger partial charge in [-0.3, -0.25) is 4.90 Å². The third-order valence-electron chi connectivity index (χ3n) is 4.50. The van der Waals surface area contributed by atoms with Crippen LogP contribution in [-0.4, -0.2) is 29.1 Å². The van der Waals surface area contributed by atoms with E-state index in [0.29, 0.717) is 18.0 Å². The normalized spacial score (nSPS) is 20.5. The summed E-state index contributed by atoms with van der Waals surface area (Å²) in [6.07, 6.45) is 3.54. The zero-order valence-corrected chi connectivity index (χ0v) is 12.8. The highest BCUT2D eigenvalue weighted by molar-refractivity contribution is 5.89. The van der Waals surface area contributed by atoms with E-state index < -0.39 is 11.8 Å². The lowest BCUT2D eigenvalue weighted by molar-refractivity contribution is 0.0694. The van der Waals surface area contributed by atoms with Crippen molar-refractivity contribution in [3.8, 4) is 0 Å². The molecule has 2 rings (SSSR count). The number of benzene rings is 1. The molecule has 1 aromatic rings. The highest BCUT2D eigenvalue weighted by Crippen LogP contribution is 2.25. The van der Waals surface area contributed by atoms with Crippen LogP contribution in [0.4, 0.5) is 4.39 Å². The van der Waals surface area contributed by atoms with Gasteiger partial charge in [0.2, 0.25) is 0 Å². The van der Waals surface area contributed by atoms with Crippen LogP contribution in [0, 0.1) is 17.7 Å². The van der Waals surface area contributed by atoms with Crippen LogP contribution in [0.2, 0.25) is 0 Å². The van der Waals surface area contributed by atoms with Crippen LogP contribution in [0.1, 0.15) is 49.0 Å². The topological polar surface area (TPSA) is 40.5 Å². The molecule has 0 spiro atoms. The van der Waals surface area contributed by atoms with Gasteiger partial charge in [-0.05, 0) is 61.9 Å². The fourth-order valence-corrected chi connectivity index (χ4v) is 3.13. The summed E-state index contributed by atoms with van der Waals surface area (Å²) in [5.41, 5.74) is 0.784. The minimum Gasteiger partial charge on any atom is -0.478 e. The van der Waals surface area contributed by atoms with E-state index in [2.05, 4.69) is 18.7 Å². The zero-order chi connectivity index (χ0) is 15.4. The number of rotatable bonds is 4. The van der Waals surface area contributed by atoms with Gasteiger partial charge in [-0.2, -0.15) is 0 Å². The van der Waals surface area contributed by atoms with Gasteiger partial charge in [0.1, 0.15) is 5.82 Å². The van der Waals surface area contributed by atoms with E-state index in [1.165, 1.54) is 12.5 Å². The molecule has 1 aromatic carbocycles. The summed E-state index contributed by atoms with van der Waals surface area (Å²) in [7, 11) is 0. The summed E-state index contributed by atoms with van der Waals surface area (Å²) < 4.78 is 13.2. The molecule has 1 unspecified atom stereocenters. The van der Waals surface area contributed by atoms with Crippen LogP contribution in [0.25, 0.3) is 0 Å². The third-order valence-corrected chi connectivity index (χ3v) is 4.50. The molecule has 0 radical (unpaired) electrons. The number of nitrogens with zero attached hydrogens (tertiary/aromatic N) is 1. The number of hydrogen-bond acceptors (Lipinski definition) is 2. The number of carbonyl (C=O) groups is 1. The molecule has 3 nitrogen and oxygen atoms in total. The van der Waals surface area contributed by atoms with Crippen LogP contribution in [-0.2, 0) is 6.54 Å². The zero-order valence-electron chi connectivity index (χ0n) is 12.8. The van der Waals surface area contributed by atoms with Crippen molar-refractivity contribution < 1.29 is 14.3 Å². The Bertz CT molecular complexity index is 502. The van der Waals surface area contributed by atoms with Crippen molar-refractivity contribution in [2.24, 2.45) is 11.8 Å². The van der Waals surface area contributed by atoms with E-state index in [1.807, 2.05) is 0 Å². The smallest absolute Gasteiger partial charge is 0.336 e. The van der Waals surface area contributed by atoms with Crippen molar-refractivity contribution in [2.45, 2.75) is 39.7 Å². The average Bonchev–Trinajstić information content (AvgIpc) is 2.66. The Kier molecular flexibility index (Phi) is 5.34. The molecule has 4 heteroatoms. The molecule has 1 heterocycles. The fraction of sp³-hybridized carbons (Fsp3) is 0.588. The molecule has 0 bridgehead atoms. The Balaban J connectivity index is 2.06. The first-order valence-corrected chi connectivity index (χ1v) is 7.71. The molecule has 1 saturated heterocycles. The van der Waals surface area contributed by atoms with Crippen LogP contribution in [0.15, 0.2) is 18.2 Å². The predicted octanol–water partition coefficient (Wildman–Crippen LogP) is 3.78. The van der Waals surface area contributed by atoms with E-state index in [9.17, 15) is 14.3 Å². The Morgan fingerprint density at radius 1 is 1.38 bits per heavy atom. The first-order valence-electron chi connectivity index (χ1n) is 7.71.